The minimum atomic E-state index is 0.0304. The number of benzene rings is 1. The number of aromatic nitrogens is 2. The van der Waals surface area contributed by atoms with Crippen molar-refractivity contribution in [3.8, 4) is 0 Å². The zero-order valence-electron chi connectivity index (χ0n) is 14.1. The van der Waals surface area contributed by atoms with Gasteiger partial charge in [0.05, 0.1) is 11.0 Å². The summed E-state index contributed by atoms with van der Waals surface area (Å²) in [6.07, 6.45) is 3.89. The average Bonchev–Trinajstić information content (AvgIpc) is 3.28. The summed E-state index contributed by atoms with van der Waals surface area (Å²) in [7, 11) is 0. The molecule has 0 spiro atoms. The van der Waals surface area contributed by atoms with E-state index in [4.69, 9.17) is 5.73 Å². The maximum atomic E-state index is 13.0. The van der Waals surface area contributed by atoms with Crippen molar-refractivity contribution in [3.05, 3.63) is 52.1 Å². The first kappa shape index (κ1) is 16.3. The van der Waals surface area contributed by atoms with E-state index < -0.39 is 0 Å². The molecule has 1 atom stereocenters. The fraction of sp³-hybridized carbons (Fsp3) is 0.368. The van der Waals surface area contributed by atoms with E-state index in [1.54, 1.807) is 0 Å². The second-order valence-electron chi connectivity index (χ2n) is 6.49. The summed E-state index contributed by atoms with van der Waals surface area (Å²) in [5.41, 5.74) is 8.38. The second kappa shape index (κ2) is 6.98. The third kappa shape index (κ3) is 3.19. The van der Waals surface area contributed by atoms with Crippen LogP contribution in [0.2, 0.25) is 0 Å². The Hall–Kier alpha value is -2.18. The summed E-state index contributed by atoms with van der Waals surface area (Å²) >= 11 is 1.52. The molecule has 4 rings (SSSR count). The van der Waals surface area contributed by atoms with Gasteiger partial charge in [-0.2, -0.15) is 0 Å². The Morgan fingerprint density at radius 1 is 1.36 bits per heavy atom. The molecule has 3 heterocycles. The number of piperidine rings is 1. The molecular formula is C19H22N4OS. The number of rotatable bonds is 4. The summed E-state index contributed by atoms with van der Waals surface area (Å²) < 4.78 is 0. The molecule has 3 N–H and O–H groups in total. The Morgan fingerprint density at radius 2 is 2.24 bits per heavy atom. The van der Waals surface area contributed by atoms with Gasteiger partial charge in [-0.3, -0.25) is 4.79 Å². The summed E-state index contributed by atoms with van der Waals surface area (Å²) in [6.45, 7) is 1.34. The van der Waals surface area contributed by atoms with Gasteiger partial charge in [-0.25, -0.2) is 4.98 Å². The lowest BCUT2D eigenvalue weighted by Gasteiger charge is -2.34. The molecule has 1 aliphatic rings. The molecule has 6 heteroatoms. The number of fused-ring (bicyclic) bond motifs is 1. The van der Waals surface area contributed by atoms with E-state index in [0.29, 0.717) is 12.2 Å². The highest BCUT2D eigenvalue weighted by atomic mass is 32.1. The number of carbonyl (C=O) groups excluding carboxylic acids is 1. The highest BCUT2D eigenvalue weighted by molar-refractivity contribution is 7.09. The van der Waals surface area contributed by atoms with Crippen LogP contribution >= 0.6 is 11.3 Å². The molecule has 0 radical (unpaired) electrons. The van der Waals surface area contributed by atoms with Crippen molar-refractivity contribution >= 4 is 28.1 Å². The van der Waals surface area contributed by atoms with Crippen LogP contribution in [-0.4, -0.2) is 33.9 Å². The van der Waals surface area contributed by atoms with Crippen LogP contribution in [0.4, 0.5) is 0 Å². The third-order valence-electron chi connectivity index (χ3n) is 4.80. The topological polar surface area (TPSA) is 75.0 Å². The van der Waals surface area contributed by atoms with E-state index in [2.05, 4.69) is 28.2 Å². The van der Waals surface area contributed by atoms with Gasteiger partial charge >= 0.3 is 0 Å². The largest absolute Gasteiger partial charge is 0.357 e. The summed E-state index contributed by atoms with van der Waals surface area (Å²) in [5, 5.41) is 3.99. The Balaban J connectivity index is 1.62. The zero-order valence-corrected chi connectivity index (χ0v) is 14.9. The van der Waals surface area contributed by atoms with Crippen LogP contribution in [0.25, 0.3) is 10.9 Å². The van der Waals surface area contributed by atoms with E-state index >= 15 is 0 Å². The predicted octanol–water partition coefficient (Wildman–Crippen LogP) is 3.49. The minimum absolute atomic E-state index is 0.0304. The Morgan fingerprint density at radius 3 is 3.08 bits per heavy atom. The van der Waals surface area contributed by atoms with Crippen molar-refractivity contribution in [3.63, 3.8) is 0 Å². The molecule has 130 valence electrons. The predicted molar refractivity (Wildman–Crippen MR) is 101 cm³/mol. The first-order valence-electron chi connectivity index (χ1n) is 8.79. The lowest BCUT2D eigenvalue weighted by molar-refractivity contribution is 0.0601. The van der Waals surface area contributed by atoms with Gasteiger partial charge in [0.2, 0.25) is 0 Å². The van der Waals surface area contributed by atoms with Gasteiger partial charge in [0.1, 0.15) is 5.69 Å². The molecule has 1 saturated heterocycles. The first-order chi connectivity index (χ1) is 12.3. The molecule has 1 aromatic carbocycles. The van der Waals surface area contributed by atoms with E-state index in [1.165, 1.54) is 16.7 Å². The van der Waals surface area contributed by atoms with Crippen molar-refractivity contribution in [2.45, 2.75) is 31.7 Å². The van der Waals surface area contributed by atoms with Crippen molar-refractivity contribution in [1.82, 2.24) is 14.9 Å². The number of hydrogen-bond acceptors (Lipinski definition) is 4. The van der Waals surface area contributed by atoms with E-state index in [1.807, 2.05) is 22.4 Å². The molecule has 1 fully saturated rings. The smallest absolute Gasteiger partial charge is 0.273 e. The van der Waals surface area contributed by atoms with Gasteiger partial charge in [0.15, 0.2) is 0 Å². The van der Waals surface area contributed by atoms with Crippen molar-refractivity contribution < 1.29 is 4.79 Å². The first-order valence-corrected chi connectivity index (χ1v) is 9.67. The van der Waals surface area contributed by atoms with Gasteiger partial charge in [-0.1, -0.05) is 18.2 Å². The fourth-order valence-corrected chi connectivity index (χ4v) is 4.36. The van der Waals surface area contributed by atoms with Crippen LogP contribution in [0.3, 0.4) is 0 Å². The number of amides is 1. The molecule has 1 unspecified atom stereocenters. The summed E-state index contributed by atoms with van der Waals surface area (Å²) in [5.74, 6) is 0.0304. The number of aromatic amines is 1. The molecule has 1 amide bonds. The Labute approximate surface area is 150 Å². The van der Waals surface area contributed by atoms with Crippen LogP contribution in [0.15, 0.2) is 35.7 Å². The van der Waals surface area contributed by atoms with Crippen molar-refractivity contribution in [2.24, 2.45) is 5.73 Å². The molecule has 25 heavy (non-hydrogen) atoms. The number of likely N-dealkylation sites (tertiary alicyclic amines) is 1. The van der Waals surface area contributed by atoms with Gasteiger partial charge in [-0.05, 0) is 43.3 Å². The lowest BCUT2D eigenvalue weighted by atomic mass is 9.99. The molecule has 0 saturated carbocycles. The van der Waals surface area contributed by atoms with Crippen molar-refractivity contribution in [2.75, 3.05) is 13.1 Å². The number of thiazole rings is 1. The van der Waals surface area contributed by atoms with Gasteiger partial charge in [-0.15, -0.1) is 11.3 Å². The molecule has 1 aliphatic heterocycles. The van der Waals surface area contributed by atoms with Crippen LogP contribution < -0.4 is 5.73 Å². The van der Waals surface area contributed by atoms with Crippen LogP contribution in [0, 0.1) is 0 Å². The maximum Gasteiger partial charge on any atom is 0.273 e. The summed E-state index contributed by atoms with van der Waals surface area (Å²) in [4.78, 5) is 23.0. The second-order valence-corrected chi connectivity index (χ2v) is 7.43. The SMILES string of the molecule is NCCc1nc(C(=O)N2CCCCC2c2cc3ccccc3[nH]2)cs1. The molecule has 3 aromatic rings. The number of para-hydroxylation sites is 1. The Kier molecular flexibility index (Phi) is 4.55. The summed E-state index contributed by atoms with van der Waals surface area (Å²) in [6, 6.07) is 10.5. The maximum absolute atomic E-state index is 13.0. The zero-order chi connectivity index (χ0) is 17.2. The highest BCUT2D eigenvalue weighted by Crippen LogP contribution is 2.33. The number of hydrogen-bond donors (Lipinski definition) is 2. The number of nitrogens with zero attached hydrogens (tertiary/aromatic N) is 2. The molecular weight excluding hydrogens is 332 g/mol. The minimum Gasteiger partial charge on any atom is -0.357 e. The Bertz CT molecular complexity index is 851. The standard InChI is InChI=1S/C19H22N4OS/c20-9-8-18-22-16(12-25-18)19(24)23-10-4-3-7-17(23)15-11-13-5-1-2-6-14(13)21-15/h1-2,5-6,11-12,17,21H,3-4,7-10,20H2. The number of H-pyrrole nitrogens is 1. The van der Waals surface area contributed by atoms with Gasteiger partial charge in [0, 0.05) is 29.6 Å². The third-order valence-corrected chi connectivity index (χ3v) is 5.71. The van der Waals surface area contributed by atoms with Crippen LogP contribution in [0.1, 0.15) is 46.5 Å². The van der Waals surface area contributed by atoms with E-state index in [-0.39, 0.29) is 11.9 Å². The van der Waals surface area contributed by atoms with Crippen molar-refractivity contribution in [1.29, 1.82) is 0 Å². The normalized spacial score (nSPS) is 18.0. The van der Waals surface area contributed by atoms with Crippen LogP contribution in [0.5, 0.6) is 0 Å². The average molecular weight is 354 g/mol. The van der Waals surface area contributed by atoms with Crippen LogP contribution in [-0.2, 0) is 6.42 Å². The fourth-order valence-electron chi connectivity index (χ4n) is 3.57. The number of nitrogens with two attached hydrogens (primary N) is 1. The van der Waals surface area contributed by atoms with Gasteiger partial charge < -0.3 is 15.6 Å². The molecule has 0 bridgehead atoms. The molecule has 5 nitrogen and oxygen atoms in total. The van der Waals surface area contributed by atoms with E-state index in [9.17, 15) is 4.79 Å². The molecule has 0 aliphatic carbocycles. The quantitative estimate of drug-likeness (QED) is 0.753. The van der Waals surface area contributed by atoms with E-state index in [0.717, 1.165) is 48.4 Å². The lowest BCUT2D eigenvalue weighted by Crippen LogP contribution is -2.38. The monoisotopic (exact) mass is 354 g/mol. The number of carbonyl (C=O) groups is 1. The number of nitrogens with one attached hydrogen (secondary N) is 1. The molecule has 2 aromatic heterocycles. The van der Waals surface area contributed by atoms with Gasteiger partial charge in [0.25, 0.3) is 5.91 Å². The highest BCUT2D eigenvalue weighted by Gasteiger charge is 2.30.